The van der Waals surface area contributed by atoms with E-state index in [9.17, 15) is 14.7 Å². The van der Waals surface area contributed by atoms with Gasteiger partial charge in [0, 0.05) is 34.5 Å². The number of hydrogen-bond acceptors (Lipinski definition) is 4. The Hall–Kier alpha value is -2.80. The maximum Gasteiger partial charge on any atom is 0.327 e. The minimum atomic E-state index is -0.931. The maximum absolute atomic E-state index is 13.0. The van der Waals surface area contributed by atoms with Gasteiger partial charge in [-0.1, -0.05) is 0 Å². The standard InChI is InChI=1S/C26H29N3O3S/c1-13-9-15(3)27-23(13)19(24-14(2)10-16(4)28-24)8-7-18-11-21(30)29-20(26(31)32)12-33-25(29)22(18)17-5-6-17/h9-11,17,20,27H,5-8,12H2,1-4H3,(H,31,32). The van der Waals surface area contributed by atoms with E-state index in [0.717, 1.165) is 64.6 Å². The molecule has 172 valence electrons. The first-order valence-corrected chi connectivity index (χ1v) is 12.5. The van der Waals surface area contributed by atoms with Crippen molar-refractivity contribution in [1.82, 2.24) is 9.55 Å². The van der Waals surface area contributed by atoms with Crippen molar-refractivity contribution in [2.45, 2.75) is 70.4 Å². The summed E-state index contributed by atoms with van der Waals surface area (Å²) in [5.74, 6) is -0.0813. The van der Waals surface area contributed by atoms with Crippen molar-refractivity contribution >= 4 is 29.0 Å². The third kappa shape index (κ3) is 3.92. The lowest BCUT2D eigenvalue weighted by Crippen LogP contribution is -2.29. The molecule has 1 aliphatic carbocycles. The molecule has 5 rings (SSSR count). The summed E-state index contributed by atoms with van der Waals surface area (Å²) in [5, 5.41) is 10.5. The SMILES string of the molecule is CC1=CC(C)=NC1=C(CCc1cc(=O)n2c(c1C1CC1)SCC2C(=O)O)c1[nH]c(C)cc1C. The predicted molar refractivity (Wildman–Crippen MR) is 132 cm³/mol. The minimum Gasteiger partial charge on any atom is -0.480 e. The number of allylic oxidation sites excluding steroid dienone is 3. The number of aromatic amines is 1. The van der Waals surface area contributed by atoms with E-state index in [0.29, 0.717) is 11.7 Å². The van der Waals surface area contributed by atoms with Gasteiger partial charge in [0.25, 0.3) is 5.56 Å². The quantitative estimate of drug-likeness (QED) is 0.619. The highest BCUT2D eigenvalue weighted by Crippen LogP contribution is 2.48. The first-order valence-electron chi connectivity index (χ1n) is 11.5. The van der Waals surface area contributed by atoms with Crippen molar-refractivity contribution in [2.24, 2.45) is 4.99 Å². The lowest BCUT2D eigenvalue weighted by molar-refractivity contribution is -0.140. The zero-order chi connectivity index (χ0) is 23.4. The maximum atomic E-state index is 13.0. The Morgan fingerprint density at radius 1 is 1.24 bits per heavy atom. The van der Waals surface area contributed by atoms with Crippen LogP contribution < -0.4 is 5.56 Å². The van der Waals surface area contributed by atoms with Gasteiger partial charge in [0.05, 0.1) is 10.7 Å². The number of aromatic nitrogens is 2. The number of carboxylic acid groups (broad SMARTS) is 1. The van der Waals surface area contributed by atoms with Crippen molar-refractivity contribution in [1.29, 1.82) is 0 Å². The van der Waals surface area contributed by atoms with E-state index in [2.05, 4.69) is 37.9 Å². The van der Waals surface area contributed by atoms with Crippen LogP contribution in [0.3, 0.4) is 0 Å². The summed E-state index contributed by atoms with van der Waals surface area (Å²) < 4.78 is 1.51. The molecule has 2 aliphatic heterocycles. The summed E-state index contributed by atoms with van der Waals surface area (Å²) in [6.07, 6.45) is 5.80. The van der Waals surface area contributed by atoms with Crippen LogP contribution in [0.15, 0.2) is 44.3 Å². The van der Waals surface area contributed by atoms with Crippen LogP contribution in [0.25, 0.3) is 5.57 Å². The number of H-pyrrole nitrogens is 1. The lowest BCUT2D eigenvalue weighted by Gasteiger charge is -2.17. The van der Waals surface area contributed by atoms with Crippen LogP contribution in [0.5, 0.6) is 0 Å². The molecular formula is C26H29N3O3S. The third-order valence-electron chi connectivity index (χ3n) is 6.76. The molecule has 2 aromatic rings. The fraction of sp³-hybridized carbons (Fsp3) is 0.423. The molecule has 0 radical (unpaired) electrons. The zero-order valence-corrected chi connectivity index (χ0v) is 20.3. The van der Waals surface area contributed by atoms with Gasteiger partial charge in [-0.2, -0.15) is 0 Å². The average Bonchev–Trinajstić information content (AvgIpc) is 3.23. The van der Waals surface area contributed by atoms with E-state index in [-0.39, 0.29) is 5.56 Å². The Balaban J connectivity index is 1.57. The second-order valence-corrected chi connectivity index (χ2v) is 10.5. The fourth-order valence-electron chi connectivity index (χ4n) is 5.18. The number of aryl methyl sites for hydroxylation is 3. The number of thioether (sulfide) groups is 1. The number of pyridine rings is 1. The van der Waals surface area contributed by atoms with Gasteiger partial charge in [0.1, 0.15) is 6.04 Å². The van der Waals surface area contributed by atoms with Crippen LogP contribution in [0.1, 0.15) is 73.1 Å². The zero-order valence-electron chi connectivity index (χ0n) is 19.5. The van der Waals surface area contributed by atoms with Crippen LogP contribution in [-0.4, -0.2) is 32.1 Å². The summed E-state index contributed by atoms with van der Waals surface area (Å²) in [6, 6.07) is 3.08. The smallest absolute Gasteiger partial charge is 0.327 e. The van der Waals surface area contributed by atoms with Gasteiger partial charge in [-0.3, -0.25) is 14.4 Å². The molecule has 0 amide bonds. The molecule has 33 heavy (non-hydrogen) atoms. The van der Waals surface area contributed by atoms with Crippen LogP contribution in [0, 0.1) is 13.8 Å². The number of hydrogen-bond donors (Lipinski definition) is 2. The van der Waals surface area contributed by atoms with Crippen molar-refractivity contribution in [3.8, 4) is 0 Å². The highest BCUT2D eigenvalue weighted by molar-refractivity contribution is 7.99. The molecule has 2 aromatic heterocycles. The van der Waals surface area contributed by atoms with Crippen molar-refractivity contribution < 1.29 is 9.90 Å². The number of fused-ring (bicyclic) bond motifs is 1. The van der Waals surface area contributed by atoms with Crippen molar-refractivity contribution in [3.05, 3.63) is 67.9 Å². The van der Waals surface area contributed by atoms with E-state index < -0.39 is 12.0 Å². The van der Waals surface area contributed by atoms with E-state index in [1.165, 1.54) is 33.0 Å². The summed E-state index contributed by atoms with van der Waals surface area (Å²) >= 11 is 1.52. The summed E-state index contributed by atoms with van der Waals surface area (Å²) in [7, 11) is 0. The fourth-order valence-corrected chi connectivity index (χ4v) is 6.60. The number of carboxylic acids is 1. The molecule has 0 saturated heterocycles. The first kappa shape index (κ1) is 22.0. The average molecular weight is 464 g/mol. The number of nitrogens with zero attached hydrogens (tertiary/aromatic N) is 2. The molecule has 3 aliphatic rings. The van der Waals surface area contributed by atoms with Gasteiger partial charge in [0.2, 0.25) is 0 Å². The monoisotopic (exact) mass is 463 g/mol. The molecule has 1 fully saturated rings. The van der Waals surface area contributed by atoms with Gasteiger partial charge in [-0.05, 0) is 93.7 Å². The second-order valence-electron chi connectivity index (χ2n) is 9.45. The van der Waals surface area contributed by atoms with E-state index in [1.54, 1.807) is 6.07 Å². The number of rotatable bonds is 6. The third-order valence-corrected chi connectivity index (χ3v) is 7.93. The Labute approximate surface area is 197 Å². The van der Waals surface area contributed by atoms with E-state index >= 15 is 0 Å². The second kappa shape index (κ2) is 8.20. The predicted octanol–water partition coefficient (Wildman–Crippen LogP) is 5.17. The summed E-state index contributed by atoms with van der Waals surface area (Å²) in [4.78, 5) is 33.1. The number of nitrogens with one attached hydrogen (secondary N) is 1. The van der Waals surface area contributed by atoms with Gasteiger partial charge in [-0.15, -0.1) is 11.8 Å². The number of carbonyl (C=O) groups is 1. The molecule has 7 heteroatoms. The van der Waals surface area contributed by atoms with Gasteiger partial charge in [-0.25, -0.2) is 4.79 Å². The summed E-state index contributed by atoms with van der Waals surface area (Å²) in [6.45, 7) is 8.29. The van der Waals surface area contributed by atoms with Crippen LogP contribution in [-0.2, 0) is 11.2 Å². The summed E-state index contributed by atoms with van der Waals surface area (Å²) in [5.41, 5.74) is 9.83. The number of aliphatic carboxylic acids is 1. The Bertz CT molecular complexity index is 1320. The molecule has 6 nitrogen and oxygen atoms in total. The van der Waals surface area contributed by atoms with Gasteiger partial charge in [0.15, 0.2) is 0 Å². The molecule has 0 aromatic carbocycles. The first-order chi connectivity index (χ1) is 15.7. The highest BCUT2D eigenvalue weighted by Gasteiger charge is 2.37. The Morgan fingerprint density at radius 3 is 2.58 bits per heavy atom. The van der Waals surface area contributed by atoms with Crippen LogP contribution in [0.2, 0.25) is 0 Å². The van der Waals surface area contributed by atoms with Crippen LogP contribution >= 0.6 is 11.8 Å². The number of aliphatic imine (C=N–C) groups is 1. The molecule has 2 N–H and O–H groups in total. The molecule has 4 heterocycles. The largest absolute Gasteiger partial charge is 0.480 e. The Kier molecular flexibility index (Phi) is 5.47. The topological polar surface area (TPSA) is 87.4 Å². The Morgan fingerprint density at radius 2 is 2.00 bits per heavy atom. The van der Waals surface area contributed by atoms with Crippen molar-refractivity contribution in [3.63, 3.8) is 0 Å². The van der Waals surface area contributed by atoms with Crippen molar-refractivity contribution in [2.75, 3.05) is 5.75 Å². The van der Waals surface area contributed by atoms with Gasteiger partial charge >= 0.3 is 5.97 Å². The minimum absolute atomic E-state index is 0.200. The van der Waals surface area contributed by atoms with E-state index in [1.807, 2.05) is 6.92 Å². The molecule has 1 saturated carbocycles. The normalized spacial score (nSPS) is 21.2. The lowest BCUT2D eigenvalue weighted by atomic mass is 9.94. The van der Waals surface area contributed by atoms with E-state index in [4.69, 9.17) is 4.99 Å². The van der Waals surface area contributed by atoms with Gasteiger partial charge < -0.3 is 10.1 Å². The van der Waals surface area contributed by atoms with Crippen LogP contribution in [0.4, 0.5) is 0 Å². The molecule has 0 spiro atoms. The highest BCUT2D eigenvalue weighted by atomic mass is 32.2. The molecule has 1 unspecified atom stereocenters. The molecular weight excluding hydrogens is 434 g/mol. The molecule has 0 bridgehead atoms. The molecule has 1 atom stereocenters.